The van der Waals surface area contributed by atoms with E-state index in [9.17, 15) is 9.18 Å². The Hall–Kier alpha value is -3.28. The Morgan fingerprint density at radius 3 is 2.42 bits per heavy atom. The molecule has 1 fully saturated rings. The van der Waals surface area contributed by atoms with Gasteiger partial charge in [-0.1, -0.05) is 24.3 Å². The molecule has 0 radical (unpaired) electrons. The fraction of sp³-hybridized carbons (Fsp3) is 0.320. The van der Waals surface area contributed by atoms with Gasteiger partial charge in [0.2, 0.25) is 0 Å². The van der Waals surface area contributed by atoms with E-state index in [1.807, 2.05) is 11.0 Å². The first-order valence-electron chi connectivity index (χ1n) is 10.9. The number of anilines is 1. The summed E-state index contributed by atoms with van der Waals surface area (Å²) in [6, 6.07) is 14.6. The smallest absolute Gasteiger partial charge is 0.259 e. The van der Waals surface area contributed by atoms with Crippen molar-refractivity contribution in [2.45, 2.75) is 32.2 Å². The monoisotopic (exact) mass is 416 g/mol. The van der Waals surface area contributed by atoms with Crippen LogP contribution in [0.25, 0.3) is 11.4 Å². The summed E-state index contributed by atoms with van der Waals surface area (Å²) in [5, 5.41) is 0. The van der Waals surface area contributed by atoms with Gasteiger partial charge in [0.15, 0.2) is 5.82 Å². The maximum absolute atomic E-state index is 13.4. The summed E-state index contributed by atoms with van der Waals surface area (Å²) < 4.78 is 13.4. The van der Waals surface area contributed by atoms with Crippen molar-refractivity contribution in [3.05, 3.63) is 77.2 Å². The lowest BCUT2D eigenvalue weighted by Gasteiger charge is -2.33. The van der Waals surface area contributed by atoms with Gasteiger partial charge in [0.25, 0.3) is 5.91 Å². The van der Waals surface area contributed by atoms with Crippen molar-refractivity contribution in [3.8, 4) is 11.4 Å². The zero-order chi connectivity index (χ0) is 21.2. The normalized spacial score (nSPS) is 16.2. The van der Waals surface area contributed by atoms with Crippen molar-refractivity contribution in [1.29, 1.82) is 0 Å². The van der Waals surface area contributed by atoms with Gasteiger partial charge in [-0.25, -0.2) is 14.4 Å². The Balaban J connectivity index is 1.54. The van der Waals surface area contributed by atoms with E-state index in [1.54, 1.807) is 18.3 Å². The van der Waals surface area contributed by atoms with Gasteiger partial charge in [-0.05, 0) is 61.1 Å². The molecule has 0 N–H and O–H groups in total. The van der Waals surface area contributed by atoms with E-state index in [0.717, 1.165) is 44.5 Å². The van der Waals surface area contributed by atoms with E-state index < -0.39 is 0 Å². The van der Waals surface area contributed by atoms with Crippen LogP contribution in [0.4, 0.5) is 10.2 Å². The van der Waals surface area contributed by atoms with E-state index in [0.29, 0.717) is 23.8 Å². The summed E-state index contributed by atoms with van der Waals surface area (Å²) in [6.45, 7) is 3.05. The number of carbonyl (C=O) groups is 1. The minimum absolute atomic E-state index is 0.000727. The molecular formula is C25H25FN4O. The maximum atomic E-state index is 13.4. The molecule has 0 spiro atoms. The predicted molar refractivity (Wildman–Crippen MR) is 118 cm³/mol. The second-order valence-corrected chi connectivity index (χ2v) is 8.23. The fourth-order valence-corrected chi connectivity index (χ4v) is 4.45. The predicted octanol–water partition coefficient (Wildman–Crippen LogP) is 4.47. The Morgan fingerprint density at radius 1 is 0.903 bits per heavy atom. The maximum Gasteiger partial charge on any atom is 0.259 e. The highest BCUT2D eigenvalue weighted by Crippen LogP contribution is 2.29. The summed E-state index contributed by atoms with van der Waals surface area (Å²) in [4.78, 5) is 26.8. The number of likely N-dealkylation sites (tertiary alicyclic amines) is 1. The van der Waals surface area contributed by atoms with Crippen LogP contribution in [0.2, 0.25) is 0 Å². The number of rotatable bonds is 3. The van der Waals surface area contributed by atoms with Crippen molar-refractivity contribution >= 4 is 11.7 Å². The van der Waals surface area contributed by atoms with Gasteiger partial charge in [0.05, 0.1) is 0 Å². The van der Waals surface area contributed by atoms with Crippen LogP contribution in [0, 0.1) is 5.82 Å². The Kier molecular flexibility index (Phi) is 5.37. The third-order valence-electron chi connectivity index (χ3n) is 6.17. The fourth-order valence-electron chi connectivity index (χ4n) is 4.45. The van der Waals surface area contributed by atoms with Crippen molar-refractivity contribution in [2.75, 3.05) is 24.5 Å². The second kappa shape index (κ2) is 8.46. The van der Waals surface area contributed by atoms with Gasteiger partial charge in [0, 0.05) is 37.9 Å². The summed E-state index contributed by atoms with van der Waals surface area (Å²) in [7, 11) is 0. The third kappa shape index (κ3) is 4.02. The molecule has 1 aromatic heterocycles. The average molecular weight is 417 g/mol. The molecule has 0 saturated carbocycles. The summed E-state index contributed by atoms with van der Waals surface area (Å²) in [5.41, 5.74) is 3.88. The second-order valence-electron chi connectivity index (χ2n) is 8.23. The van der Waals surface area contributed by atoms with Gasteiger partial charge < -0.3 is 9.80 Å². The van der Waals surface area contributed by atoms with Crippen LogP contribution < -0.4 is 4.90 Å². The molecule has 0 unspecified atom stereocenters. The lowest BCUT2D eigenvalue weighted by Crippen LogP contribution is -2.38. The first-order valence-corrected chi connectivity index (χ1v) is 10.9. The topological polar surface area (TPSA) is 49.3 Å². The number of halogens is 1. The number of amides is 1. The van der Waals surface area contributed by atoms with Crippen LogP contribution in [0.15, 0.2) is 54.7 Å². The van der Waals surface area contributed by atoms with E-state index in [-0.39, 0.29) is 11.7 Å². The summed E-state index contributed by atoms with van der Waals surface area (Å²) in [5.74, 6) is 0.871. The first kappa shape index (κ1) is 19.7. The number of hydrogen-bond acceptors (Lipinski definition) is 4. The number of carbonyl (C=O) groups excluding carboxylic acids is 1. The summed E-state index contributed by atoms with van der Waals surface area (Å²) >= 11 is 0. The molecule has 1 saturated heterocycles. The third-order valence-corrected chi connectivity index (χ3v) is 6.17. The summed E-state index contributed by atoms with van der Waals surface area (Å²) in [6.07, 6.45) is 5.79. The zero-order valence-electron chi connectivity index (χ0n) is 17.4. The van der Waals surface area contributed by atoms with Gasteiger partial charge in [0.1, 0.15) is 17.2 Å². The Morgan fingerprint density at radius 2 is 1.65 bits per heavy atom. The molecule has 1 amide bonds. The van der Waals surface area contributed by atoms with E-state index >= 15 is 0 Å². The van der Waals surface area contributed by atoms with Crippen LogP contribution in [0.5, 0.6) is 0 Å². The quantitative estimate of drug-likeness (QED) is 0.632. The molecule has 2 aromatic carbocycles. The molecule has 3 heterocycles. The highest BCUT2D eigenvalue weighted by atomic mass is 19.1. The molecule has 3 aromatic rings. The van der Waals surface area contributed by atoms with Crippen LogP contribution in [-0.4, -0.2) is 40.4 Å². The van der Waals surface area contributed by atoms with E-state index in [2.05, 4.69) is 28.1 Å². The highest BCUT2D eigenvalue weighted by Gasteiger charge is 2.27. The molecule has 158 valence electrons. The van der Waals surface area contributed by atoms with Gasteiger partial charge in [-0.3, -0.25) is 4.79 Å². The molecule has 2 aliphatic rings. The molecule has 0 aliphatic carbocycles. The number of hydrogen-bond donors (Lipinski definition) is 0. The average Bonchev–Trinajstić information content (AvgIpc) is 2.84. The van der Waals surface area contributed by atoms with Crippen LogP contribution in [-0.2, 0) is 13.0 Å². The molecule has 31 heavy (non-hydrogen) atoms. The standard InChI is InChI=1S/C25H25FN4O/c26-21-10-8-19(9-11-21)23-27-16-22(25(31)29-13-4-1-5-14-29)24(28-23)30-15-12-18-6-2-3-7-20(18)17-30/h2-3,6-11,16H,1,4-5,12-15,17H2. The number of aromatic nitrogens is 2. The van der Waals surface area contributed by atoms with Crippen molar-refractivity contribution < 1.29 is 9.18 Å². The molecule has 6 heteroatoms. The van der Waals surface area contributed by atoms with Crippen molar-refractivity contribution in [2.24, 2.45) is 0 Å². The number of benzene rings is 2. The molecule has 2 aliphatic heterocycles. The minimum atomic E-state index is -0.298. The lowest BCUT2D eigenvalue weighted by molar-refractivity contribution is 0.0724. The van der Waals surface area contributed by atoms with Crippen LogP contribution in [0.3, 0.4) is 0 Å². The van der Waals surface area contributed by atoms with Gasteiger partial charge >= 0.3 is 0 Å². The Labute approximate surface area is 181 Å². The van der Waals surface area contributed by atoms with Crippen molar-refractivity contribution in [1.82, 2.24) is 14.9 Å². The largest absolute Gasteiger partial charge is 0.351 e. The first-order chi connectivity index (χ1) is 15.2. The molecule has 5 nitrogen and oxygen atoms in total. The molecule has 0 bridgehead atoms. The number of fused-ring (bicyclic) bond motifs is 1. The number of piperidine rings is 1. The van der Waals surface area contributed by atoms with Gasteiger partial charge in [-0.2, -0.15) is 0 Å². The van der Waals surface area contributed by atoms with Crippen LogP contribution >= 0.6 is 0 Å². The lowest BCUT2D eigenvalue weighted by atomic mass is 9.99. The molecule has 5 rings (SSSR count). The molecule has 0 atom stereocenters. The van der Waals surface area contributed by atoms with Crippen LogP contribution in [0.1, 0.15) is 40.7 Å². The zero-order valence-corrected chi connectivity index (χ0v) is 17.4. The highest BCUT2D eigenvalue weighted by molar-refractivity contribution is 5.99. The van der Waals surface area contributed by atoms with Crippen molar-refractivity contribution in [3.63, 3.8) is 0 Å². The van der Waals surface area contributed by atoms with E-state index in [1.165, 1.54) is 29.7 Å². The van der Waals surface area contributed by atoms with E-state index in [4.69, 9.17) is 4.98 Å². The Bertz CT molecular complexity index is 1090. The van der Waals surface area contributed by atoms with Gasteiger partial charge in [-0.15, -0.1) is 0 Å². The molecular weight excluding hydrogens is 391 g/mol. The minimum Gasteiger partial charge on any atom is -0.351 e. The SMILES string of the molecule is O=C(c1cnc(-c2ccc(F)cc2)nc1N1CCc2ccccc2C1)N1CCCCC1. The number of nitrogens with zero attached hydrogens (tertiary/aromatic N) is 4.